The first kappa shape index (κ1) is 18.1. The van der Waals surface area contributed by atoms with Crippen molar-refractivity contribution in [3.8, 4) is 10.8 Å². The summed E-state index contributed by atoms with van der Waals surface area (Å²) in [6, 6.07) is 22.1. The first-order chi connectivity index (χ1) is 14.2. The highest BCUT2D eigenvalue weighted by atomic mass is 32.1. The standard InChI is InChI=1S/C23H21N3O2S/c27-22(24-17-12-13-26(15-17)14-16-6-2-1-3-7-16)19-10-11-20(28-19)23-25-18-8-4-5-9-21(18)29-23/h1-11,17H,12-15H2,(H,24,27). The average molecular weight is 404 g/mol. The zero-order chi connectivity index (χ0) is 19.6. The van der Waals surface area contributed by atoms with Crippen molar-refractivity contribution in [2.45, 2.75) is 19.0 Å². The highest BCUT2D eigenvalue weighted by Crippen LogP contribution is 2.31. The monoisotopic (exact) mass is 403 g/mol. The molecule has 0 bridgehead atoms. The largest absolute Gasteiger partial charge is 0.448 e. The van der Waals surface area contributed by atoms with Gasteiger partial charge >= 0.3 is 0 Å². The zero-order valence-electron chi connectivity index (χ0n) is 15.9. The molecule has 2 aromatic heterocycles. The van der Waals surface area contributed by atoms with E-state index in [1.807, 2.05) is 36.4 Å². The number of fused-ring (bicyclic) bond motifs is 1. The number of para-hydroxylation sites is 1. The number of carbonyl (C=O) groups is 1. The van der Waals surface area contributed by atoms with Crippen LogP contribution < -0.4 is 5.32 Å². The van der Waals surface area contributed by atoms with E-state index in [9.17, 15) is 4.79 Å². The summed E-state index contributed by atoms with van der Waals surface area (Å²) in [5.74, 6) is 0.804. The third-order valence-electron chi connectivity index (χ3n) is 5.19. The Kier molecular flexibility index (Phi) is 4.87. The molecule has 1 fully saturated rings. The Morgan fingerprint density at radius 2 is 1.93 bits per heavy atom. The van der Waals surface area contributed by atoms with Crippen molar-refractivity contribution in [2.75, 3.05) is 13.1 Å². The number of rotatable bonds is 5. The molecule has 2 aromatic carbocycles. The van der Waals surface area contributed by atoms with Crippen LogP contribution in [0.15, 0.2) is 71.1 Å². The van der Waals surface area contributed by atoms with Gasteiger partial charge in [-0.05, 0) is 36.2 Å². The molecule has 4 aromatic rings. The van der Waals surface area contributed by atoms with Gasteiger partial charge < -0.3 is 9.73 Å². The van der Waals surface area contributed by atoms with Gasteiger partial charge in [-0.3, -0.25) is 9.69 Å². The molecule has 5 rings (SSSR count). The molecule has 0 saturated carbocycles. The average Bonchev–Trinajstić information content (AvgIpc) is 3.48. The van der Waals surface area contributed by atoms with E-state index in [-0.39, 0.29) is 11.9 Å². The molecule has 0 aliphatic carbocycles. The topological polar surface area (TPSA) is 58.4 Å². The van der Waals surface area contributed by atoms with Crippen molar-refractivity contribution in [2.24, 2.45) is 0 Å². The van der Waals surface area contributed by atoms with Crippen LogP contribution in [0.5, 0.6) is 0 Å². The number of nitrogens with one attached hydrogen (secondary N) is 1. The lowest BCUT2D eigenvalue weighted by Crippen LogP contribution is -2.36. The van der Waals surface area contributed by atoms with Gasteiger partial charge in [-0.2, -0.15) is 0 Å². The lowest BCUT2D eigenvalue weighted by Gasteiger charge is -2.16. The molecule has 1 aliphatic rings. The van der Waals surface area contributed by atoms with Crippen LogP contribution in [-0.2, 0) is 6.54 Å². The minimum Gasteiger partial charge on any atom is -0.448 e. The Bertz CT molecular complexity index is 1100. The van der Waals surface area contributed by atoms with Gasteiger partial charge in [-0.15, -0.1) is 11.3 Å². The van der Waals surface area contributed by atoms with E-state index in [4.69, 9.17) is 4.42 Å². The fraction of sp³-hybridized carbons (Fsp3) is 0.217. The Morgan fingerprint density at radius 1 is 1.10 bits per heavy atom. The molecule has 29 heavy (non-hydrogen) atoms. The van der Waals surface area contributed by atoms with Crippen LogP contribution in [0.25, 0.3) is 21.0 Å². The van der Waals surface area contributed by atoms with Crippen molar-refractivity contribution < 1.29 is 9.21 Å². The summed E-state index contributed by atoms with van der Waals surface area (Å²) in [5.41, 5.74) is 2.24. The highest BCUT2D eigenvalue weighted by Gasteiger charge is 2.25. The van der Waals surface area contributed by atoms with Crippen LogP contribution in [-0.4, -0.2) is 34.9 Å². The van der Waals surface area contributed by atoms with E-state index < -0.39 is 0 Å². The molecule has 0 spiro atoms. The maximum Gasteiger partial charge on any atom is 0.287 e. The quantitative estimate of drug-likeness (QED) is 0.531. The molecular formula is C23H21N3O2S. The normalized spacial score (nSPS) is 17.0. The number of nitrogens with zero attached hydrogens (tertiary/aromatic N) is 2. The lowest BCUT2D eigenvalue weighted by atomic mass is 10.2. The Morgan fingerprint density at radius 3 is 2.79 bits per heavy atom. The maximum atomic E-state index is 12.6. The number of hydrogen-bond donors (Lipinski definition) is 1. The highest BCUT2D eigenvalue weighted by molar-refractivity contribution is 7.21. The van der Waals surface area contributed by atoms with Crippen LogP contribution >= 0.6 is 11.3 Å². The minimum atomic E-state index is -0.163. The van der Waals surface area contributed by atoms with Gasteiger partial charge in [0.2, 0.25) is 0 Å². The van der Waals surface area contributed by atoms with E-state index in [2.05, 4.69) is 39.5 Å². The van der Waals surface area contributed by atoms with Crippen molar-refractivity contribution in [3.05, 3.63) is 78.1 Å². The SMILES string of the molecule is O=C(NC1CCN(Cc2ccccc2)C1)c1ccc(-c2nc3ccccc3s2)o1. The number of benzene rings is 2. The summed E-state index contributed by atoms with van der Waals surface area (Å²) in [7, 11) is 0. The van der Waals surface area contributed by atoms with E-state index in [1.54, 1.807) is 17.4 Å². The van der Waals surface area contributed by atoms with Gasteiger partial charge in [0.05, 0.1) is 10.2 Å². The van der Waals surface area contributed by atoms with E-state index in [1.165, 1.54) is 5.56 Å². The predicted octanol–water partition coefficient (Wildman–Crippen LogP) is 4.56. The van der Waals surface area contributed by atoms with Gasteiger partial charge in [0, 0.05) is 25.7 Å². The van der Waals surface area contributed by atoms with Crippen molar-refractivity contribution >= 4 is 27.5 Å². The maximum absolute atomic E-state index is 12.6. The third kappa shape index (κ3) is 3.95. The van der Waals surface area contributed by atoms with Gasteiger partial charge in [0.15, 0.2) is 16.5 Å². The summed E-state index contributed by atoms with van der Waals surface area (Å²) in [4.78, 5) is 19.6. The Hall–Kier alpha value is -2.96. The number of amides is 1. The fourth-order valence-corrected chi connectivity index (χ4v) is 4.67. The second kappa shape index (κ2) is 7.81. The molecule has 6 heteroatoms. The van der Waals surface area contributed by atoms with Gasteiger partial charge in [0.25, 0.3) is 5.91 Å². The van der Waals surface area contributed by atoms with Crippen molar-refractivity contribution in [1.29, 1.82) is 0 Å². The number of furan rings is 1. The van der Waals surface area contributed by atoms with Gasteiger partial charge in [-0.25, -0.2) is 4.98 Å². The smallest absolute Gasteiger partial charge is 0.287 e. The van der Waals surface area contributed by atoms with Gasteiger partial charge in [-0.1, -0.05) is 42.5 Å². The molecule has 1 unspecified atom stereocenters. The summed E-state index contributed by atoms with van der Waals surface area (Å²) < 4.78 is 6.92. The van der Waals surface area contributed by atoms with Gasteiger partial charge in [0.1, 0.15) is 0 Å². The zero-order valence-corrected chi connectivity index (χ0v) is 16.7. The van der Waals surface area contributed by atoms with Crippen LogP contribution in [0.1, 0.15) is 22.5 Å². The van der Waals surface area contributed by atoms with E-state index in [0.29, 0.717) is 11.5 Å². The molecule has 5 nitrogen and oxygen atoms in total. The number of hydrogen-bond acceptors (Lipinski definition) is 5. The fourth-order valence-electron chi connectivity index (χ4n) is 3.74. The summed E-state index contributed by atoms with van der Waals surface area (Å²) in [6.45, 7) is 2.75. The number of carbonyl (C=O) groups excluding carboxylic acids is 1. The van der Waals surface area contributed by atoms with Crippen molar-refractivity contribution in [1.82, 2.24) is 15.2 Å². The molecule has 3 heterocycles. The van der Waals surface area contributed by atoms with E-state index >= 15 is 0 Å². The second-order valence-corrected chi connectivity index (χ2v) is 8.36. The number of thiazole rings is 1. The van der Waals surface area contributed by atoms with Crippen LogP contribution in [0.3, 0.4) is 0 Å². The van der Waals surface area contributed by atoms with E-state index in [0.717, 1.165) is 41.3 Å². The molecule has 1 saturated heterocycles. The Balaban J connectivity index is 1.22. The molecule has 1 atom stereocenters. The molecule has 0 radical (unpaired) electrons. The first-order valence-corrected chi connectivity index (χ1v) is 10.6. The minimum absolute atomic E-state index is 0.141. The van der Waals surface area contributed by atoms with Crippen LogP contribution in [0.4, 0.5) is 0 Å². The number of likely N-dealkylation sites (tertiary alicyclic amines) is 1. The van der Waals surface area contributed by atoms with Crippen LogP contribution in [0, 0.1) is 0 Å². The Labute approximate surface area is 173 Å². The predicted molar refractivity (Wildman–Crippen MR) is 115 cm³/mol. The third-order valence-corrected chi connectivity index (χ3v) is 6.24. The lowest BCUT2D eigenvalue weighted by molar-refractivity contribution is 0.0910. The summed E-state index contributed by atoms with van der Waals surface area (Å²) in [6.07, 6.45) is 0.948. The molecule has 1 aliphatic heterocycles. The summed E-state index contributed by atoms with van der Waals surface area (Å²) in [5, 5.41) is 3.90. The summed E-state index contributed by atoms with van der Waals surface area (Å²) >= 11 is 1.57. The molecule has 1 amide bonds. The number of aromatic nitrogens is 1. The molecule has 1 N–H and O–H groups in total. The first-order valence-electron chi connectivity index (χ1n) is 9.77. The molecule has 146 valence electrons. The van der Waals surface area contributed by atoms with Crippen molar-refractivity contribution in [3.63, 3.8) is 0 Å². The molecular weight excluding hydrogens is 382 g/mol. The van der Waals surface area contributed by atoms with Crippen LogP contribution in [0.2, 0.25) is 0 Å². The second-order valence-electron chi connectivity index (χ2n) is 7.33.